The quantitative estimate of drug-likeness (QED) is 0.353. The molecule has 14 heteroatoms. The van der Waals surface area contributed by atoms with E-state index in [0.29, 0.717) is 34.1 Å². The first kappa shape index (κ1) is 34.6. The van der Waals surface area contributed by atoms with Crippen LogP contribution in [0.25, 0.3) is 0 Å². The number of aromatic nitrogens is 1. The van der Waals surface area contributed by atoms with Crippen molar-refractivity contribution in [2.75, 3.05) is 60.5 Å². The molecule has 2 aromatic carbocycles. The lowest BCUT2D eigenvalue weighted by atomic mass is 9.76. The molecule has 1 unspecified atom stereocenters. The zero-order valence-electron chi connectivity index (χ0n) is 30.0. The number of nitrogens with zero attached hydrogens (tertiary/aromatic N) is 7. The van der Waals surface area contributed by atoms with E-state index < -0.39 is 29.7 Å². The number of benzene rings is 2. The number of hydrogen-bond donors (Lipinski definition) is 1. The molecule has 0 aliphatic carbocycles. The summed E-state index contributed by atoms with van der Waals surface area (Å²) in [6, 6.07) is 17.1. The molecule has 0 saturated carbocycles. The maximum absolute atomic E-state index is 13.2. The summed E-state index contributed by atoms with van der Waals surface area (Å²) < 4.78 is 6.22. The van der Waals surface area contributed by atoms with Crippen molar-refractivity contribution in [2.45, 2.75) is 63.3 Å². The number of carbonyl (C=O) groups is 4. The first-order valence-electron chi connectivity index (χ1n) is 18.8. The van der Waals surface area contributed by atoms with Crippen molar-refractivity contribution in [2.24, 2.45) is 5.41 Å². The molecule has 0 bridgehead atoms. The van der Waals surface area contributed by atoms with E-state index in [0.717, 1.165) is 87.0 Å². The van der Waals surface area contributed by atoms with Crippen LogP contribution in [0.1, 0.15) is 65.3 Å². The number of anilines is 3. The Balaban J connectivity index is 0.729. The van der Waals surface area contributed by atoms with Crippen LogP contribution >= 0.6 is 11.6 Å². The van der Waals surface area contributed by atoms with Gasteiger partial charge in [0.1, 0.15) is 18.2 Å². The van der Waals surface area contributed by atoms with Crippen molar-refractivity contribution < 1.29 is 23.9 Å². The fraction of sp³-hybridized carbons (Fsp3) is 0.450. The van der Waals surface area contributed by atoms with Gasteiger partial charge >= 0.3 is 0 Å². The molecule has 7 heterocycles. The van der Waals surface area contributed by atoms with Crippen LogP contribution in [-0.2, 0) is 9.59 Å². The molecule has 2 atom stereocenters. The number of rotatable bonds is 7. The number of pyridine rings is 1. The van der Waals surface area contributed by atoms with E-state index in [4.69, 9.17) is 16.3 Å². The van der Waals surface area contributed by atoms with E-state index >= 15 is 0 Å². The topological polar surface area (TPSA) is 142 Å². The maximum atomic E-state index is 13.2. The predicted molar refractivity (Wildman–Crippen MR) is 201 cm³/mol. The molecule has 5 fully saturated rings. The Bertz CT molecular complexity index is 2080. The first-order valence-corrected chi connectivity index (χ1v) is 19.1. The third-order valence-corrected chi connectivity index (χ3v) is 12.7. The van der Waals surface area contributed by atoms with Gasteiger partial charge in [-0.15, -0.1) is 0 Å². The van der Waals surface area contributed by atoms with Crippen LogP contribution < -0.4 is 24.8 Å². The first-order chi connectivity index (χ1) is 26.1. The van der Waals surface area contributed by atoms with Crippen molar-refractivity contribution in [1.82, 2.24) is 20.1 Å². The van der Waals surface area contributed by atoms with Gasteiger partial charge in [-0.05, 0) is 80.5 Å². The van der Waals surface area contributed by atoms with Crippen LogP contribution in [0, 0.1) is 16.7 Å². The summed E-state index contributed by atoms with van der Waals surface area (Å²) in [4.78, 5) is 65.4. The second-order valence-electron chi connectivity index (χ2n) is 15.7. The average molecular weight is 749 g/mol. The summed E-state index contributed by atoms with van der Waals surface area (Å²) in [5.41, 5.74) is 4.44. The monoisotopic (exact) mass is 748 g/mol. The lowest BCUT2D eigenvalue weighted by Gasteiger charge is -2.52. The third kappa shape index (κ3) is 6.01. The van der Waals surface area contributed by atoms with E-state index in [-0.39, 0.29) is 29.9 Å². The average Bonchev–Trinajstić information content (AvgIpc) is 3.58. The number of likely N-dealkylation sites (tertiary alicyclic amines) is 1. The van der Waals surface area contributed by atoms with Gasteiger partial charge in [-0.3, -0.25) is 34.3 Å². The summed E-state index contributed by atoms with van der Waals surface area (Å²) in [6.07, 6.45) is 5.60. The Morgan fingerprint density at radius 3 is 2.35 bits per heavy atom. The molecule has 6 aliphatic rings. The van der Waals surface area contributed by atoms with Crippen LogP contribution in [0.3, 0.4) is 0 Å². The van der Waals surface area contributed by atoms with Crippen LogP contribution in [-0.4, -0.2) is 108 Å². The lowest BCUT2D eigenvalue weighted by Crippen LogP contribution is -2.67. The Morgan fingerprint density at radius 1 is 0.907 bits per heavy atom. The second-order valence-corrected chi connectivity index (χ2v) is 16.1. The number of piperidine rings is 2. The highest BCUT2D eigenvalue weighted by molar-refractivity contribution is 6.32. The minimum Gasteiger partial charge on any atom is -0.472 e. The molecule has 0 radical (unpaired) electrons. The number of amides is 4. The number of halogens is 1. The standard InChI is InChI=1S/C40H41ClN8O5/c1-24-16-40(23-48(24)27-3-2-25(17-42)33(41)15-27)10-12-45(13-11-40)28-5-9-36(43-18-28)54-30-21-47(22-30)29-19-46(20-29)26-4-6-31-32(14-26)39(53)49(38(31)52)34-7-8-35(50)44-37(34)51/h2-6,9,14-15,18,24,29-30,34H,7-8,10-13,16,19-23H2,1H3,(H,44,50,51)/t24-,34?/m0/s1. The SMILES string of the molecule is C[C@H]1CC2(CCN(c3ccc(OC4CN(C5CN(c6ccc7c(c6)C(=O)N(C6CCC(=O)NC6=O)C7=O)C5)C4)nc3)CC2)CN1c1ccc(C#N)c(Cl)c1. The normalized spacial score (nSPS) is 24.4. The Hall–Kier alpha value is -5.19. The number of nitriles is 1. The summed E-state index contributed by atoms with van der Waals surface area (Å²) >= 11 is 6.36. The maximum Gasteiger partial charge on any atom is 0.262 e. The number of fused-ring (bicyclic) bond motifs is 1. The van der Waals surface area contributed by atoms with E-state index in [1.54, 1.807) is 12.1 Å². The zero-order chi connectivity index (χ0) is 37.3. The predicted octanol–water partition coefficient (Wildman–Crippen LogP) is 3.85. The molecule has 9 rings (SSSR count). The molecule has 3 aromatic rings. The lowest BCUT2D eigenvalue weighted by molar-refractivity contribution is -0.136. The van der Waals surface area contributed by atoms with E-state index in [9.17, 15) is 24.4 Å². The van der Waals surface area contributed by atoms with Gasteiger partial charge in [0.05, 0.1) is 33.6 Å². The summed E-state index contributed by atoms with van der Waals surface area (Å²) in [5.74, 6) is -1.35. The second kappa shape index (κ2) is 13.3. The van der Waals surface area contributed by atoms with E-state index in [1.807, 2.05) is 36.5 Å². The fourth-order valence-electron chi connectivity index (χ4n) is 9.23. The molecule has 4 amide bonds. The van der Waals surface area contributed by atoms with Gasteiger partial charge in [-0.25, -0.2) is 4.98 Å². The highest BCUT2D eigenvalue weighted by Crippen LogP contribution is 2.46. The number of ether oxygens (including phenoxy) is 1. The minimum absolute atomic E-state index is 0.0763. The minimum atomic E-state index is -0.971. The zero-order valence-corrected chi connectivity index (χ0v) is 30.8. The van der Waals surface area contributed by atoms with Crippen molar-refractivity contribution in [3.05, 3.63) is 76.4 Å². The largest absolute Gasteiger partial charge is 0.472 e. The fourth-order valence-corrected chi connectivity index (χ4v) is 9.45. The van der Waals surface area contributed by atoms with Gasteiger partial charge in [0.2, 0.25) is 17.7 Å². The molecule has 1 N–H and O–H groups in total. The van der Waals surface area contributed by atoms with Crippen LogP contribution in [0.15, 0.2) is 54.7 Å². The van der Waals surface area contributed by atoms with Gasteiger partial charge in [-0.2, -0.15) is 5.26 Å². The summed E-state index contributed by atoms with van der Waals surface area (Å²) in [7, 11) is 0. The van der Waals surface area contributed by atoms with Gasteiger partial charge in [0.25, 0.3) is 11.8 Å². The van der Waals surface area contributed by atoms with Crippen LogP contribution in [0.4, 0.5) is 17.1 Å². The molecule has 54 heavy (non-hydrogen) atoms. The molecule has 1 spiro atoms. The Kier molecular flexibility index (Phi) is 8.50. The Morgan fingerprint density at radius 2 is 1.65 bits per heavy atom. The molecule has 6 aliphatic heterocycles. The van der Waals surface area contributed by atoms with Gasteiger partial charge in [-0.1, -0.05) is 11.6 Å². The molecule has 13 nitrogen and oxygen atoms in total. The molecule has 5 saturated heterocycles. The molecular formula is C40H41ClN8O5. The highest BCUT2D eigenvalue weighted by atomic mass is 35.5. The number of nitrogens with one attached hydrogen (secondary N) is 1. The third-order valence-electron chi connectivity index (χ3n) is 12.4. The number of imide groups is 2. The molecule has 1 aromatic heterocycles. The van der Waals surface area contributed by atoms with Crippen molar-refractivity contribution in [3.8, 4) is 11.9 Å². The van der Waals surface area contributed by atoms with Crippen LogP contribution in [0.5, 0.6) is 5.88 Å². The highest BCUT2D eigenvalue weighted by Gasteiger charge is 2.47. The van der Waals surface area contributed by atoms with Crippen molar-refractivity contribution >= 4 is 52.3 Å². The number of hydrogen-bond acceptors (Lipinski definition) is 11. The van der Waals surface area contributed by atoms with Crippen LogP contribution in [0.2, 0.25) is 5.02 Å². The smallest absolute Gasteiger partial charge is 0.262 e. The van der Waals surface area contributed by atoms with Gasteiger partial charge in [0, 0.05) is 81.8 Å². The van der Waals surface area contributed by atoms with Crippen molar-refractivity contribution in [3.63, 3.8) is 0 Å². The van der Waals surface area contributed by atoms with E-state index in [2.05, 4.69) is 49.0 Å². The summed E-state index contributed by atoms with van der Waals surface area (Å²) in [5, 5.41) is 12.0. The summed E-state index contributed by atoms with van der Waals surface area (Å²) in [6.45, 7) is 8.48. The molecule has 278 valence electrons. The van der Waals surface area contributed by atoms with Gasteiger partial charge < -0.3 is 19.4 Å². The van der Waals surface area contributed by atoms with Crippen molar-refractivity contribution in [1.29, 1.82) is 5.26 Å². The number of carbonyl (C=O) groups excluding carboxylic acids is 4. The molecular weight excluding hydrogens is 708 g/mol. The van der Waals surface area contributed by atoms with Gasteiger partial charge in [0.15, 0.2) is 0 Å². The Labute approximate surface area is 318 Å². The van der Waals surface area contributed by atoms with E-state index in [1.165, 1.54) is 0 Å².